The number of rotatable bonds is 7. The van der Waals surface area contributed by atoms with Crippen molar-refractivity contribution < 1.29 is 5.11 Å². The van der Waals surface area contributed by atoms with Gasteiger partial charge in [-0.05, 0) is 51.6 Å². The van der Waals surface area contributed by atoms with Crippen LogP contribution < -0.4 is 5.32 Å². The van der Waals surface area contributed by atoms with Crippen molar-refractivity contribution in [1.29, 1.82) is 0 Å². The van der Waals surface area contributed by atoms with Crippen LogP contribution in [0.1, 0.15) is 52.4 Å². The van der Waals surface area contributed by atoms with Crippen LogP contribution >= 0.6 is 0 Å². The minimum absolute atomic E-state index is 0.0142. The highest BCUT2D eigenvalue weighted by molar-refractivity contribution is 5.01. The predicted molar refractivity (Wildman–Crippen MR) is 71.2 cm³/mol. The third-order valence-electron chi connectivity index (χ3n) is 4.40. The quantitative estimate of drug-likeness (QED) is 0.712. The normalized spacial score (nSPS) is 33.5. The highest BCUT2D eigenvalue weighted by Crippen LogP contribution is 2.38. The Balaban J connectivity index is 1.94. The number of aliphatic hydroxyl groups is 1. The summed E-state index contributed by atoms with van der Waals surface area (Å²) in [6.07, 6.45) is 7.56. The van der Waals surface area contributed by atoms with Crippen LogP contribution in [0, 0.1) is 0 Å². The molecular formula is C14H28N2O. The zero-order valence-electron chi connectivity index (χ0n) is 11.4. The summed E-state index contributed by atoms with van der Waals surface area (Å²) in [5.41, 5.74) is 0.0142. The van der Waals surface area contributed by atoms with E-state index in [0.717, 1.165) is 25.4 Å². The first kappa shape index (κ1) is 13.3. The molecule has 2 atom stereocenters. The van der Waals surface area contributed by atoms with Gasteiger partial charge in [0.2, 0.25) is 0 Å². The molecule has 2 aliphatic carbocycles. The third kappa shape index (κ3) is 3.01. The highest BCUT2D eigenvalue weighted by Gasteiger charge is 2.43. The van der Waals surface area contributed by atoms with Crippen molar-refractivity contribution in [2.75, 3.05) is 19.7 Å². The molecule has 2 N–H and O–H groups in total. The Labute approximate surface area is 106 Å². The fourth-order valence-electron chi connectivity index (χ4n) is 3.44. The molecular weight excluding hydrogens is 212 g/mol. The minimum Gasteiger partial charge on any atom is -0.394 e. The largest absolute Gasteiger partial charge is 0.394 e. The Morgan fingerprint density at radius 1 is 1.24 bits per heavy atom. The Morgan fingerprint density at radius 2 is 2.00 bits per heavy atom. The van der Waals surface area contributed by atoms with Gasteiger partial charge in [-0.15, -0.1) is 0 Å². The van der Waals surface area contributed by atoms with Gasteiger partial charge < -0.3 is 10.4 Å². The van der Waals surface area contributed by atoms with Gasteiger partial charge in [-0.2, -0.15) is 0 Å². The molecule has 0 aromatic rings. The average Bonchev–Trinajstić information content (AvgIpc) is 3.09. The van der Waals surface area contributed by atoms with Crippen LogP contribution in [0.4, 0.5) is 0 Å². The van der Waals surface area contributed by atoms with Crippen LogP contribution in [0.5, 0.6) is 0 Å². The molecule has 0 aromatic heterocycles. The molecule has 2 saturated carbocycles. The van der Waals surface area contributed by atoms with Crippen molar-refractivity contribution in [3.8, 4) is 0 Å². The molecule has 3 nitrogen and oxygen atoms in total. The van der Waals surface area contributed by atoms with Crippen LogP contribution in [-0.2, 0) is 0 Å². The number of aliphatic hydroxyl groups excluding tert-OH is 1. The summed E-state index contributed by atoms with van der Waals surface area (Å²) >= 11 is 0. The molecule has 2 unspecified atom stereocenters. The monoisotopic (exact) mass is 240 g/mol. The van der Waals surface area contributed by atoms with E-state index >= 15 is 0 Å². The lowest BCUT2D eigenvalue weighted by Crippen LogP contribution is -2.48. The van der Waals surface area contributed by atoms with E-state index < -0.39 is 0 Å². The molecule has 100 valence electrons. The van der Waals surface area contributed by atoms with Crippen molar-refractivity contribution in [3.05, 3.63) is 0 Å². The maximum absolute atomic E-state index is 9.65. The lowest BCUT2D eigenvalue weighted by atomic mass is 9.98. The Morgan fingerprint density at radius 3 is 2.53 bits per heavy atom. The second-order valence-corrected chi connectivity index (χ2v) is 5.83. The van der Waals surface area contributed by atoms with Gasteiger partial charge in [-0.1, -0.05) is 13.8 Å². The van der Waals surface area contributed by atoms with Crippen molar-refractivity contribution in [2.45, 2.75) is 70.0 Å². The van der Waals surface area contributed by atoms with Gasteiger partial charge in [0.15, 0.2) is 0 Å². The van der Waals surface area contributed by atoms with Gasteiger partial charge >= 0.3 is 0 Å². The zero-order valence-corrected chi connectivity index (χ0v) is 11.4. The maximum Gasteiger partial charge on any atom is 0.0613 e. The molecule has 2 fully saturated rings. The van der Waals surface area contributed by atoms with Gasteiger partial charge in [0, 0.05) is 17.6 Å². The summed E-state index contributed by atoms with van der Waals surface area (Å²) < 4.78 is 0. The molecule has 0 spiro atoms. The van der Waals surface area contributed by atoms with Crippen molar-refractivity contribution in [1.82, 2.24) is 10.2 Å². The first-order valence-corrected chi connectivity index (χ1v) is 7.36. The number of hydrogen-bond donors (Lipinski definition) is 2. The smallest absolute Gasteiger partial charge is 0.0613 e. The van der Waals surface area contributed by atoms with E-state index in [0.29, 0.717) is 12.6 Å². The van der Waals surface area contributed by atoms with Crippen LogP contribution in [0.15, 0.2) is 0 Å². The fraction of sp³-hybridized carbons (Fsp3) is 1.00. The molecule has 0 amide bonds. The molecule has 0 aliphatic heterocycles. The number of nitrogens with one attached hydrogen (secondary N) is 1. The van der Waals surface area contributed by atoms with E-state index in [-0.39, 0.29) is 5.54 Å². The molecule has 0 bridgehead atoms. The van der Waals surface area contributed by atoms with Gasteiger partial charge in [0.1, 0.15) is 0 Å². The molecule has 2 aliphatic rings. The second kappa shape index (κ2) is 5.68. The Hall–Kier alpha value is -0.120. The first-order valence-electron chi connectivity index (χ1n) is 7.36. The molecule has 0 heterocycles. The fourth-order valence-corrected chi connectivity index (χ4v) is 3.44. The molecule has 0 aromatic carbocycles. The van der Waals surface area contributed by atoms with Crippen LogP contribution in [0.2, 0.25) is 0 Å². The number of hydrogen-bond acceptors (Lipinski definition) is 3. The Kier molecular flexibility index (Phi) is 4.45. The molecule has 3 heteroatoms. The summed E-state index contributed by atoms with van der Waals surface area (Å²) in [7, 11) is 0. The van der Waals surface area contributed by atoms with E-state index in [1.54, 1.807) is 0 Å². The summed E-state index contributed by atoms with van der Waals surface area (Å²) in [6.45, 7) is 6.90. The molecule has 0 radical (unpaired) electrons. The second-order valence-electron chi connectivity index (χ2n) is 5.83. The standard InChI is InChI=1S/C14H28N2O/c1-3-9-16(12-5-6-12)13-7-8-14(10-13,11-17)15-4-2/h12-13,15,17H,3-11H2,1-2H3. The summed E-state index contributed by atoms with van der Waals surface area (Å²) in [5, 5.41) is 13.2. The molecule has 2 rings (SSSR count). The van der Waals surface area contributed by atoms with Crippen molar-refractivity contribution >= 4 is 0 Å². The number of likely N-dealkylation sites (N-methyl/N-ethyl adjacent to an activating group) is 1. The summed E-state index contributed by atoms with van der Waals surface area (Å²) in [5.74, 6) is 0. The van der Waals surface area contributed by atoms with Crippen LogP contribution in [0.3, 0.4) is 0 Å². The lowest BCUT2D eigenvalue weighted by molar-refractivity contribution is 0.140. The van der Waals surface area contributed by atoms with Crippen molar-refractivity contribution in [3.63, 3.8) is 0 Å². The summed E-state index contributed by atoms with van der Waals surface area (Å²) in [6, 6.07) is 1.56. The van der Waals surface area contributed by atoms with E-state index in [9.17, 15) is 5.11 Å². The SMILES string of the molecule is CCCN(C1CC1)C1CCC(CO)(NCC)C1. The minimum atomic E-state index is 0.0142. The summed E-state index contributed by atoms with van der Waals surface area (Å²) in [4.78, 5) is 2.72. The zero-order chi connectivity index (χ0) is 12.3. The van der Waals surface area contributed by atoms with Crippen molar-refractivity contribution in [2.24, 2.45) is 0 Å². The van der Waals surface area contributed by atoms with E-state index in [4.69, 9.17) is 0 Å². The maximum atomic E-state index is 9.65. The van der Waals surface area contributed by atoms with Crippen LogP contribution in [0.25, 0.3) is 0 Å². The van der Waals surface area contributed by atoms with Gasteiger partial charge in [0.05, 0.1) is 6.61 Å². The van der Waals surface area contributed by atoms with Crippen LogP contribution in [-0.4, -0.2) is 47.3 Å². The number of nitrogens with zero attached hydrogens (tertiary/aromatic N) is 1. The Bertz CT molecular complexity index is 242. The lowest BCUT2D eigenvalue weighted by Gasteiger charge is -2.32. The third-order valence-corrected chi connectivity index (χ3v) is 4.40. The predicted octanol–water partition coefficient (Wildman–Crippen LogP) is 1.75. The van der Waals surface area contributed by atoms with Gasteiger partial charge in [0.25, 0.3) is 0 Å². The molecule has 17 heavy (non-hydrogen) atoms. The topological polar surface area (TPSA) is 35.5 Å². The van der Waals surface area contributed by atoms with E-state index in [2.05, 4.69) is 24.1 Å². The average molecular weight is 240 g/mol. The first-order chi connectivity index (χ1) is 8.24. The van der Waals surface area contributed by atoms with E-state index in [1.807, 2.05) is 0 Å². The van der Waals surface area contributed by atoms with Gasteiger partial charge in [-0.25, -0.2) is 0 Å². The van der Waals surface area contributed by atoms with E-state index in [1.165, 1.54) is 32.2 Å². The highest BCUT2D eigenvalue weighted by atomic mass is 16.3. The van der Waals surface area contributed by atoms with Gasteiger partial charge in [-0.3, -0.25) is 4.90 Å². The molecule has 0 saturated heterocycles.